The molecule has 0 atom stereocenters. The van der Waals surface area contributed by atoms with Gasteiger partial charge in [-0.05, 0) is 43.5 Å². The van der Waals surface area contributed by atoms with Gasteiger partial charge in [0.1, 0.15) is 5.82 Å². The highest BCUT2D eigenvalue weighted by Gasteiger charge is 2.27. The molecule has 0 aromatic heterocycles. The maximum absolute atomic E-state index is 13.0. The SMILES string of the molecule is Cc1cc(C(=O)NC2CC(N)C2)ccc1F. The average Bonchev–Trinajstić information content (AvgIpc) is 2.19. The van der Waals surface area contributed by atoms with E-state index >= 15 is 0 Å². The van der Waals surface area contributed by atoms with Gasteiger partial charge in [-0.1, -0.05) is 0 Å². The molecule has 0 heterocycles. The Labute approximate surface area is 93.8 Å². The molecule has 1 amide bonds. The van der Waals surface area contributed by atoms with Gasteiger partial charge in [-0.3, -0.25) is 4.79 Å². The van der Waals surface area contributed by atoms with Gasteiger partial charge in [0, 0.05) is 17.6 Å². The lowest BCUT2D eigenvalue weighted by atomic mass is 9.87. The Hall–Kier alpha value is -1.42. The zero-order valence-electron chi connectivity index (χ0n) is 9.16. The van der Waals surface area contributed by atoms with Crippen molar-refractivity contribution in [3.05, 3.63) is 35.1 Å². The van der Waals surface area contributed by atoms with Gasteiger partial charge in [0.15, 0.2) is 0 Å². The first-order valence-electron chi connectivity index (χ1n) is 5.39. The minimum atomic E-state index is -0.290. The van der Waals surface area contributed by atoms with Crippen LogP contribution in [0.2, 0.25) is 0 Å². The van der Waals surface area contributed by atoms with Gasteiger partial charge in [0.2, 0.25) is 0 Å². The fourth-order valence-electron chi connectivity index (χ4n) is 1.83. The topological polar surface area (TPSA) is 55.1 Å². The van der Waals surface area contributed by atoms with Crippen molar-refractivity contribution < 1.29 is 9.18 Å². The predicted octanol–water partition coefficient (Wildman–Crippen LogP) is 1.35. The second-order valence-electron chi connectivity index (χ2n) is 4.37. The molecule has 0 spiro atoms. The lowest BCUT2D eigenvalue weighted by molar-refractivity contribution is 0.0910. The van der Waals surface area contributed by atoms with Crippen molar-refractivity contribution in [1.82, 2.24) is 5.32 Å². The van der Waals surface area contributed by atoms with Crippen LogP contribution in [0.25, 0.3) is 0 Å². The van der Waals surface area contributed by atoms with E-state index in [9.17, 15) is 9.18 Å². The number of rotatable bonds is 2. The van der Waals surface area contributed by atoms with Crippen LogP contribution in [0.1, 0.15) is 28.8 Å². The zero-order valence-corrected chi connectivity index (χ0v) is 9.16. The van der Waals surface area contributed by atoms with Gasteiger partial charge >= 0.3 is 0 Å². The molecule has 3 nitrogen and oxygen atoms in total. The summed E-state index contributed by atoms with van der Waals surface area (Å²) in [4.78, 5) is 11.7. The molecule has 0 aliphatic heterocycles. The molecular formula is C12H15FN2O. The van der Waals surface area contributed by atoms with E-state index in [4.69, 9.17) is 5.73 Å². The molecule has 4 heteroatoms. The second kappa shape index (κ2) is 4.22. The van der Waals surface area contributed by atoms with Crippen molar-refractivity contribution in [3.63, 3.8) is 0 Å². The molecule has 1 fully saturated rings. The third kappa shape index (κ3) is 2.22. The lowest BCUT2D eigenvalue weighted by Gasteiger charge is -2.32. The molecular weight excluding hydrogens is 207 g/mol. The highest BCUT2D eigenvalue weighted by atomic mass is 19.1. The van der Waals surface area contributed by atoms with Crippen molar-refractivity contribution in [3.8, 4) is 0 Å². The number of hydrogen-bond acceptors (Lipinski definition) is 2. The molecule has 3 N–H and O–H groups in total. The molecule has 0 saturated heterocycles. The molecule has 86 valence electrons. The normalized spacial score (nSPS) is 23.7. The fourth-order valence-corrected chi connectivity index (χ4v) is 1.83. The van der Waals surface area contributed by atoms with Crippen LogP contribution in [0, 0.1) is 12.7 Å². The van der Waals surface area contributed by atoms with Gasteiger partial charge in [0.05, 0.1) is 0 Å². The largest absolute Gasteiger partial charge is 0.349 e. The summed E-state index contributed by atoms with van der Waals surface area (Å²) in [5, 5.41) is 2.87. The van der Waals surface area contributed by atoms with Crippen LogP contribution in [0.15, 0.2) is 18.2 Å². The quantitative estimate of drug-likeness (QED) is 0.793. The Morgan fingerprint density at radius 2 is 2.19 bits per heavy atom. The van der Waals surface area contributed by atoms with Gasteiger partial charge in [-0.25, -0.2) is 4.39 Å². The predicted molar refractivity (Wildman–Crippen MR) is 59.6 cm³/mol. The number of nitrogens with one attached hydrogen (secondary N) is 1. The summed E-state index contributed by atoms with van der Waals surface area (Å²) in [6.45, 7) is 1.64. The third-order valence-electron chi connectivity index (χ3n) is 2.93. The number of halogens is 1. The Morgan fingerprint density at radius 3 is 2.75 bits per heavy atom. The highest BCUT2D eigenvalue weighted by molar-refractivity contribution is 5.94. The molecule has 0 unspecified atom stereocenters. The van der Waals surface area contributed by atoms with Crippen LogP contribution in [0.3, 0.4) is 0 Å². The van der Waals surface area contributed by atoms with Crippen LogP contribution in [-0.2, 0) is 0 Å². The van der Waals surface area contributed by atoms with E-state index in [1.165, 1.54) is 12.1 Å². The molecule has 0 radical (unpaired) electrons. The number of benzene rings is 1. The number of aryl methyl sites for hydroxylation is 1. The van der Waals surface area contributed by atoms with E-state index < -0.39 is 0 Å². The van der Waals surface area contributed by atoms with Crippen molar-refractivity contribution in [2.75, 3.05) is 0 Å². The maximum atomic E-state index is 13.0. The van der Waals surface area contributed by atoms with Crippen LogP contribution < -0.4 is 11.1 Å². The van der Waals surface area contributed by atoms with Crippen LogP contribution >= 0.6 is 0 Å². The molecule has 0 bridgehead atoms. The third-order valence-corrected chi connectivity index (χ3v) is 2.93. The van der Waals surface area contributed by atoms with Crippen LogP contribution in [-0.4, -0.2) is 18.0 Å². The van der Waals surface area contributed by atoms with Crippen molar-refractivity contribution in [2.24, 2.45) is 5.73 Å². The van der Waals surface area contributed by atoms with Gasteiger partial charge in [0.25, 0.3) is 5.91 Å². The molecule has 2 rings (SSSR count). The number of nitrogens with two attached hydrogens (primary N) is 1. The van der Waals surface area contributed by atoms with E-state index in [0.29, 0.717) is 11.1 Å². The monoisotopic (exact) mass is 222 g/mol. The lowest BCUT2D eigenvalue weighted by Crippen LogP contribution is -2.50. The van der Waals surface area contributed by atoms with Crippen LogP contribution in [0.5, 0.6) is 0 Å². The van der Waals surface area contributed by atoms with E-state index in [0.717, 1.165) is 12.8 Å². The minimum Gasteiger partial charge on any atom is -0.349 e. The summed E-state index contributed by atoms with van der Waals surface area (Å²) in [7, 11) is 0. The van der Waals surface area contributed by atoms with Crippen LogP contribution in [0.4, 0.5) is 4.39 Å². The first-order valence-corrected chi connectivity index (χ1v) is 5.39. The number of carbonyl (C=O) groups excluding carboxylic acids is 1. The maximum Gasteiger partial charge on any atom is 0.251 e. The first-order chi connectivity index (χ1) is 7.56. The Balaban J connectivity index is 2.01. The van der Waals surface area contributed by atoms with Crippen molar-refractivity contribution >= 4 is 5.91 Å². The Bertz CT molecular complexity index is 413. The Morgan fingerprint density at radius 1 is 1.50 bits per heavy atom. The molecule has 1 aromatic rings. The molecule has 1 saturated carbocycles. The van der Waals surface area contributed by atoms with Gasteiger partial charge in [-0.15, -0.1) is 0 Å². The van der Waals surface area contributed by atoms with Crippen molar-refractivity contribution in [2.45, 2.75) is 31.8 Å². The summed E-state index contributed by atoms with van der Waals surface area (Å²) in [6, 6.07) is 4.75. The van der Waals surface area contributed by atoms with E-state index in [2.05, 4.69) is 5.32 Å². The smallest absolute Gasteiger partial charge is 0.251 e. The summed E-state index contributed by atoms with van der Waals surface area (Å²) in [5.41, 5.74) is 6.61. The fraction of sp³-hybridized carbons (Fsp3) is 0.417. The molecule has 1 aromatic carbocycles. The van der Waals surface area contributed by atoms with E-state index in [1.807, 2.05) is 0 Å². The molecule has 16 heavy (non-hydrogen) atoms. The number of amides is 1. The summed E-state index contributed by atoms with van der Waals surface area (Å²) >= 11 is 0. The average molecular weight is 222 g/mol. The summed E-state index contributed by atoms with van der Waals surface area (Å²) < 4.78 is 13.0. The minimum absolute atomic E-state index is 0.153. The molecule has 1 aliphatic carbocycles. The summed E-state index contributed by atoms with van der Waals surface area (Å²) in [5.74, 6) is -0.442. The molecule has 1 aliphatic rings. The second-order valence-corrected chi connectivity index (χ2v) is 4.37. The first kappa shape index (κ1) is 11.1. The van der Waals surface area contributed by atoms with E-state index in [1.54, 1.807) is 13.0 Å². The number of hydrogen-bond donors (Lipinski definition) is 2. The van der Waals surface area contributed by atoms with Crippen molar-refractivity contribution in [1.29, 1.82) is 0 Å². The van der Waals surface area contributed by atoms with Gasteiger partial charge < -0.3 is 11.1 Å². The van der Waals surface area contributed by atoms with E-state index in [-0.39, 0.29) is 23.8 Å². The standard InChI is InChI=1S/C12H15FN2O/c1-7-4-8(2-3-11(7)13)12(16)15-10-5-9(14)6-10/h2-4,9-10H,5-6,14H2,1H3,(H,15,16). The highest BCUT2D eigenvalue weighted by Crippen LogP contribution is 2.18. The Kier molecular flexibility index (Phi) is 2.92. The van der Waals surface area contributed by atoms with Gasteiger partial charge in [-0.2, -0.15) is 0 Å². The number of carbonyl (C=O) groups is 1. The zero-order chi connectivity index (χ0) is 11.7. The summed E-state index contributed by atoms with van der Waals surface area (Å²) in [6.07, 6.45) is 1.65.